The molecule has 0 bridgehead atoms. The maximum absolute atomic E-state index is 11.3. The Balaban J connectivity index is 1.22. The molecule has 1 aliphatic carbocycles. The zero-order valence-corrected chi connectivity index (χ0v) is 17.8. The first kappa shape index (κ1) is 20.8. The van der Waals surface area contributed by atoms with Crippen molar-refractivity contribution in [2.75, 3.05) is 37.3 Å². The molecule has 162 valence electrons. The highest BCUT2D eigenvalue weighted by Crippen LogP contribution is 2.31. The van der Waals surface area contributed by atoms with Gasteiger partial charge >= 0.3 is 0 Å². The minimum atomic E-state index is -3.40. The van der Waals surface area contributed by atoms with E-state index < -0.39 is 10.1 Å². The van der Waals surface area contributed by atoms with Crippen molar-refractivity contribution in [3.05, 3.63) is 18.3 Å². The predicted molar refractivity (Wildman–Crippen MR) is 110 cm³/mol. The number of nitrogens with one attached hydrogen (secondary N) is 1. The van der Waals surface area contributed by atoms with Crippen molar-refractivity contribution in [2.45, 2.75) is 62.9 Å². The number of anilines is 1. The normalized spacial score (nSPS) is 26.9. The summed E-state index contributed by atoms with van der Waals surface area (Å²) in [5.41, 5.74) is 1.05. The van der Waals surface area contributed by atoms with Crippen LogP contribution in [0.5, 0.6) is 5.88 Å². The molecule has 0 radical (unpaired) electrons. The number of rotatable bonds is 7. The molecule has 1 N–H and O–H groups in total. The zero-order chi connectivity index (χ0) is 20.3. The van der Waals surface area contributed by atoms with Crippen molar-refractivity contribution in [1.29, 1.82) is 0 Å². The van der Waals surface area contributed by atoms with Crippen LogP contribution in [0.25, 0.3) is 0 Å². The van der Waals surface area contributed by atoms with Gasteiger partial charge in [-0.15, -0.1) is 0 Å². The molecule has 0 unspecified atom stereocenters. The number of nitrogens with zero attached hydrogens (tertiary/aromatic N) is 2. The van der Waals surface area contributed by atoms with E-state index in [-0.39, 0.29) is 12.2 Å². The highest BCUT2D eigenvalue weighted by atomic mass is 32.2. The fraction of sp³-hybridized carbons (Fsp3) is 0.750. The van der Waals surface area contributed by atoms with Crippen LogP contribution in [-0.2, 0) is 19.0 Å². The Morgan fingerprint density at radius 2 is 1.76 bits per heavy atom. The topological polar surface area (TPSA) is 90.0 Å². The summed E-state index contributed by atoms with van der Waals surface area (Å²) >= 11 is 0. The molecule has 4 rings (SSSR count). The maximum Gasteiger partial charge on any atom is 0.264 e. The molecular formula is C20H31N3O5S. The smallest absolute Gasteiger partial charge is 0.264 e. The van der Waals surface area contributed by atoms with Crippen molar-refractivity contribution in [1.82, 2.24) is 10.3 Å². The highest BCUT2D eigenvalue weighted by molar-refractivity contribution is 7.86. The molecule has 29 heavy (non-hydrogen) atoms. The Morgan fingerprint density at radius 3 is 2.45 bits per heavy atom. The summed E-state index contributed by atoms with van der Waals surface area (Å²) in [5, 5.41) is 3.36. The van der Waals surface area contributed by atoms with Gasteiger partial charge in [0.05, 0.1) is 24.6 Å². The van der Waals surface area contributed by atoms with Crippen molar-refractivity contribution in [2.24, 2.45) is 0 Å². The fourth-order valence-corrected chi connectivity index (χ4v) is 4.90. The van der Waals surface area contributed by atoms with Gasteiger partial charge in [0, 0.05) is 43.9 Å². The van der Waals surface area contributed by atoms with E-state index in [1.807, 2.05) is 12.1 Å². The minimum Gasteiger partial charge on any atom is -0.474 e. The summed E-state index contributed by atoms with van der Waals surface area (Å²) in [6, 6.07) is 3.94. The molecule has 3 aliphatic rings. The summed E-state index contributed by atoms with van der Waals surface area (Å²) in [7, 11) is -3.40. The second-order valence-corrected chi connectivity index (χ2v) is 9.86. The van der Waals surface area contributed by atoms with Gasteiger partial charge in [0.1, 0.15) is 6.10 Å². The number of hydrogen-bond donors (Lipinski definition) is 1. The molecular weight excluding hydrogens is 394 g/mol. The molecule has 3 fully saturated rings. The lowest BCUT2D eigenvalue weighted by Crippen LogP contribution is -2.43. The van der Waals surface area contributed by atoms with Gasteiger partial charge in [0.25, 0.3) is 10.1 Å². The average Bonchev–Trinajstić information content (AvgIpc) is 2.67. The van der Waals surface area contributed by atoms with Crippen LogP contribution in [0.4, 0.5) is 5.69 Å². The van der Waals surface area contributed by atoms with E-state index >= 15 is 0 Å². The lowest BCUT2D eigenvalue weighted by atomic mass is 9.91. The third kappa shape index (κ3) is 6.04. The van der Waals surface area contributed by atoms with Gasteiger partial charge in [0.2, 0.25) is 5.88 Å². The summed E-state index contributed by atoms with van der Waals surface area (Å²) in [6.07, 6.45) is 8.90. The number of piperidine rings is 2. The molecule has 3 heterocycles. The average molecular weight is 426 g/mol. The maximum atomic E-state index is 11.3. The Bertz CT molecular complexity index is 770. The Hall–Kier alpha value is -1.42. The van der Waals surface area contributed by atoms with Crippen LogP contribution in [0.1, 0.15) is 38.5 Å². The molecule has 0 spiro atoms. The van der Waals surface area contributed by atoms with E-state index in [0.717, 1.165) is 63.8 Å². The Labute approximate surface area is 173 Å². The third-order valence-electron chi connectivity index (χ3n) is 5.85. The molecule has 0 atom stereocenters. The molecule has 1 aromatic rings. The molecule has 2 saturated heterocycles. The summed E-state index contributed by atoms with van der Waals surface area (Å²) in [5.74, 6) is 0.641. The summed E-state index contributed by atoms with van der Waals surface area (Å²) < 4.78 is 39.9. The van der Waals surface area contributed by atoms with Crippen molar-refractivity contribution in [3.63, 3.8) is 0 Å². The van der Waals surface area contributed by atoms with Crippen LogP contribution in [-0.4, -0.2) is 70.3 Å². The van der Waals surface area contributed by atoms with E-state index in [1.54, 1.807) is 6.20 Å². The van der Waals surface area contributed by atoms with Crippen LogP contribution in [0.15, 0.2) is 18.3 Å². The second kappa shape index (κ2) is 9.16. The number of aromatic nitrogens is 1. The van der Waals surface area contributed by atoms with Gasteiger partial charge in [-0.25, -0.2) is 4.98 Å². The van der Waals surface area contributed by atoms with Crippen LogP contribution in [0.3, 0.4) is 0 Å². The van der Waals surface area contributed by atoms with Crippen LogP contribution < -0.4 is 15.0 Å². The first-order valence-electron chi connectivity index (χ1n) is 10.6. The standard InChI is InChI=1S/C20H31N3O5S/c1-29(24,25)28-17-5-10-23(11-6-17)15-2-9-22-20(12-15)27-19-13-18(14-19)26-16-3-7-21-8-4-16/h2,9,12,16-19,21H,3-8,10-11,13-14H2,1H3. The first-order valence-corrected chi connectivity index (χ1v) is 12.4. The van der Waals surface area contributed by atoms with E-state index in [0.29, 0.717) is 30.9 Å². The lowest BCUT2D eigenvalue weighted by molar-refractivity contribution is -0.103. The largest absolute Gasteiger partial charge is 0.474 e. The molecule has 1 saturated carbocycles. The van der Waals surface area contributed by atoms with Crippen molar-refractivity contribution in [3.8, 4) is 5.88 Å². The summed E-state index contributed by atoms with van der Waals surface area (Å²) in [4.78, 5) is 6.58. The van der Waals surface area contributed by atoms with Gasteiger partial charge in [-0.05, 0) is 44.8 Å². The molecule has 8 nitrogen and oxygen atoms in total. The zero-order valence-electron chi connectivity index (χ0n) is 17.0. The van der Waals surface area contributed by atoms with E-state index in [2.05, 4.69) is 15.2 Å². The monoisotopic (exact) mass is 425 g/mol. The van der Waals surface area contributed by atoms with E-state index in [1.165, 1.54) is 0 Å². The SMILES string of the molecule is CS(=O)(=O)OC1CCN(c2ccnc(OC3CC(OC4CCNCC4)C3)c2)CC1. The van der Waals surface area contributed by atoms with E-state index in [9.17, 15) is 8.42 Å². The van der Waals surface area contributed by atoms with Crippen molar-refractivity contribution >= 4 is 15.8 Å². The van der Waals surface area contributed by atoms with Gasteiger partial charge in [-0.1, -0.05) is 0 Å². The Morgan fingerprint density at radius 1 is 1.03 bits per heavy atom. The molecule has 1 aromatic heterocycles. The third-order valence-corrected chi connectivity index (χ3v) is 6.47. The predicted octanol–water partition coefficient (Wildman–Crippen LogP) is 1.70. The van der Waals surface area contributed by atoms with Gasteiger partial charge < -0.3 is 19.7 Å². The highest BCUT2D eigenvalue weighted by Gasteiger charge is 2.34. The van der Waals surface area contributed by atoms with Crippen LogP contribution in [0.2, 0.25) is 0 Å². The lowest BCUT2D eigenvalue weighted by Gasteiger charge is -2.38. The molecule has 0 aromatic carbocycles. The summed E-state index contributed by atoms with van der Waals surface area (Å²) in [6.45, 7) is 3.59. The molecule has 0 amide bonds. The van der Waals surface area contributed by atoms with Crippen LogP contribution in [0, 0.1) is 0 Å². The van der Waals surface area contributed by atoms with Gasteiger partial charge in [0.15, 0.2) is 0 Å². The second-order valence-electron chi connectivity index (χ2n) is 8.26. The van der Waals surface area contributed by atoms with E-state index in [4.69, 9.17) is 13.7 Å². The number of pyridine rings is 1. The molecule has 2 aliphatic heterocycles. The first-order chi connectivity index (χ1) is 13.9. The number of ether oxygens (including phenoxy) is 2. The number of hydrogen-bond acceptors (Lipinski definition) is 8. The quantitative estimate of drug-likeness (QED) is 0.661. The Kier molecular flexibility index (Phi) is 6.58. The van der Waals surface area contributed by atoms with Gasteiger partial charge in [-0.3, -0.25) is 4.18 Å². The van der Waals surface area contributed by atoms with Crippen LogP contribution >= 0.6 is 0 Å². The van der Waals surface area contributed by atoms with Gasteiger partial charge in [-0.2, -0.15) is 8.42 Å². The molecule has 9 heteroatoms. The van der Waals surface area contributed by atoms with Crippen molar-refractivity contribution < 1.29 is 22.1 Å². The fourth-order valence-electron chi connectivity index (χ4n) is 4.22. The minimum absolute atomic E-state index is 0.165.